The molecule has 0 spiro atoms. The number of para-hydroxylation sites is 1. The van der Waals surface area contributed by atoms with Gasteiger partial charge in [0.15, 0.2) is 0 Å². The summed E-state index contributed by atoms with van der Waals surface area (Å²) >= 11 is 0. The van der Waals surface area contributed by atoms with Crippen molar-refractivity contribution in [2.45, 2.75) is 43.7 Å². The van der Waals surface area contributed by atoms with Crippen molar-refractivity contribution in [2.24, 2.45) is 0 Å². The van der Waals surface area contributed by atoms with E-state index in [-0.39, 0.29) is 11.6 Å². The second-order valence-electron chi connectivity index (χ2n) is 6.42. The molecule has 3 heteroatoms. The second kappa shape index (κ2) is 5.74. The summed E-state index contributed by atoms with van der Waals surface area (Å²) in [5.41, 5.74) is 1.91. The van der Waals surface area contributed by atoms with Crippen LogP contribution in [0.25, 0.3) is 10.9 Å². The van der Waals surface area contributed by atoms with E-state index in [0.717, 1.165) is 29.4 Å². The number of pyridine rings is 1. The van der Waals surface area contributed by atoms with Crippen LogP contribution in [0, 0.1) is 0 Å². The first-order valence-corrected chi connectivity index (χ1v) is 7.82. The van der Waals surface area contributed by atoms with Crippen LogP contribution in [0.2, 0.25) is 0 Å². The van der Waals surface area contributed by atoms with Crippen molar-refractivity contribution in [1.82, 2.24) is 9.88 Å². The molecule has 1 fully saturated rings. The van der Waals surface area contributed by atoms with Gasteiger partial charge in [-0.2, -0.15) is 0 Å². The third kappa shape index (κ3) is 2.68. The van der Waals surface area contributed by atoms with Crippen molar-refractivity contribution in [3.63, 3.8) is 0 Å². The lowest BCUT2D eigenvalue weighted by Gasteiger charge is -2.40. The number of benzene rings is 1. The van der Waals surface area contributed by atoms with Gasteiger partial charge in [-0.05, 0) is 39.1 Å². The lowest BCUT2D eigenvalue weighted by Crippen LogP contribution is -2.52. The molecule has 1 aromatic heterocycles. The molecule has 1 saturated carbocycles. The van der Waals surface area contributed by atoms with Crippen molar-refractivity contribution in [2.75, 3.05) is 14.1 Å². The Morgan fingerprint density at radius 2 is 1.86 bits per heavy atom. The molecule has 1 N–H and O–H groups in total. The quantitative estimate of drug-likeness (QED) is 0.937. The SMILES string of the molecule is CN(C)C1(C(O)Cc2ccc3ccccc3n2)CCCC1. The van der Waals surface area contributed by atoms with Crippen molar-refractivity contribution < 1.29 is 5.11 Å². The first kappa shape index (κ1) is 14.5. The van der Waals surface area contributed by atoms with Crippen LogP contribution in [0.15, 0.2) is 36.4 Å². The van der Waals surface area contributed by atoms with E-state index in [0.29, 0.717) is 6.42 Å². The summed E-state index contributed by atoms with van der Waals surface area (Å²) in [4.78, 5) is 6.91. The first-order chi connectivity index (χ1) is 10.1. The molecule has 3 nitrogen and oxygen atoms in total. The van der Waals surface area contributed by atoms with E-state index in [9.17, 15) is 5.11 Å². The molecule has 3 rings (SSSR count). The van der Waals surface area contributed by atoms with E-state index in [1.54, 1.807) is 0 Å². The highest BCUT2D eigenvalue weighted by Gasteiger charge is 2.42. The van der Waals surface area contributed by atoms with Crippen molar-refractivity contribution >= 4 is 10.9 Å². The van der Waals surface area contributed by atoms with Crippen LogP contribution in [0.1, 0.15) is 31.4 Å². The molecule has 0 aliphatic heterocycles. The van der Waals surface area contributed by atoms with Crippen LogP contribution in [0.4, 0.5) is 0 Å². The largest absolute Gasteiger partial charge is 0.391 e. The van der Waals surface area contributed by atoms with Gasteiger partial charge < -0.3 is 10.0 Å². The molecule has 2 aromatic rings. The lowest BCUT2D eigenvalue weighted by molar-refractivity contribution is -0.00298. The molecule has 112 valence electrons. The Morgan fingerprint density at radius 3 is 2.57 bits per heavy atom. The highest BCUT2D eigenvalue weighted by Crippen LogP contribution is 2.37. The smallest absolute Gasteiger partial charge is 0.0778 e. The van der Waals surface area contributed by atoms with Gasteiger partial charge in [0.05, 0.1) is 11.6 Å². The highest BCUT2D eigenvalue weighted by molar-refractivity contribution is 5.78. The minimum Gasteiger partial charge on any atom is -0.391 e. The number of likely N-dealkylation sites (N-methyl/N-ethyl adjacent to an activating group) is 1. The number of hydrogen-bond donors (Lipinski definition) is 1. The monoisotopic (exact) mass is 284 g/mol. The Balaban J connectivity index is 1.83. The molecule has 1 heterocycles. The summed E-state index contributed by atoms with van der Waals surface area (Å²) in [7, 11) is 4.17. The van der Waals surface area contributed by atoms with Gasteiger partial charge in [0.25, 0.3) is 0 Å². The number of nitrogens with zero attached hydrogens (tertiary/aromatic N) is 2. The Labute approximate surface area is 126 Å². The number of fused-ring (bicyclic) bond motifs is 1. The summed E-state index contributed by atoms with van der Waals surface area (Å²) in [5.74, 6) is 0. The Morgan fingerprint density at radius 1 is 1.14 bits per heavy atom. The van der Waals surface area contributed by atoms with Crippen LogP contribution in [-0.4, -0.2) is 40.7 Å². The zero-order valence-electron chi connectivity index (χ0n) is 12.9. The Bertz CT molecular complexity index is 617. The third-order valence-electron chi connectivity index (χ3n) is 5.04. The number of hydrogen-bond acceptors (Lipinski definition) is 3. The number of aliphatic hydroxyl groups is 1. The van der Waals surface area contributed by atoms with Gasteiger partial charge in [0.1, 0.15) is 0 Å². The summed E-state index contributed by atoms with van der Waals surface area (Å²) in [6.07, 6.45) is 4.84. The van der Waals surface area contributed by atoms with Gasteiger partial charge in [0, 0.05) is 23.0 Å². The molecule has 1 aliphatic rings. The average Bonchev–Trinajstić information content (AvgIpc) is 2.98. The average molecular weight is 284 g/mol. The molecule has 0 saturated heterocycles. The molecule has 1 unspecified atom stereocenters. The number of rotatable bonds is 4. The Hall–Kier alpha value is -1.45. The molecule has 0 bridgehead atoms. The van der Waals surface area contributed by atoms with Crippen LogP contribution in [0.5, 0.6) is 0 Å². The molecule has 1 aliphatic carbocycles. The summed E-state index contributed by atoms with van der Waals surface area (Å²) in [6.45, 7) is 0. The molecule has 0 radical (unpaired) electrons. The zero-order valence-corrected chi connectivity index (χ0v) is 12.9. The van der Waals surface area contributed by atoms with Crippen molar-refractivity contribution in [1.29, 1.82) is 0 Å². The number of aliphatic hydroxyl groups excluding tert-OH is 1. The maximum Gasteiger partial charge on any atom is 0.0778 e. The fourth-order valence-electron chi connectivity index (χ4n) is 3.68. The summed E-state index contributed by atoms with van der Waals surface area (Å²) in [5, 5.41) is 12.0. The normalized spacial score (nSPS) is 19.2. The summed E-state index contributed by atoms with van der Waals surface area (Å²) < 4.78 is 0. The van der Waals surface area contributed by atoms with Crippen molar-refractivity contribution in [3.05, 3.63) is 42.1 Å². The minimum atomic E-state index is -0.358. The standard InChI is InChI=1S/C18H24N2O/c1-20(2)18(11-5-6-12-18)17(21)13-15-10-9-14-7-3-4-8-16(14)19-15/h3-4,7-10,17,21H,5-6,11-13H2,1-2H3. The molecular weight excluding hydrogens is 260 g/mol. The van der Waals surface area contributed by atoms with Crippen LogP contribution < -0.4 is 0 Å². The molecule has 0 amide bonds. The van der Waals surface area contributed by atoms with Gasteiger partial charge >= 0.3 is 0 Å². The lowest BCUT2D eigenvalue weighted by atomic mass is 9.86. The van der Waals surface area contributed by atoms with Gasteiger partial charge in [0.2, 0.25) is 0 Å². The van der Waals surface area contributed by atoms with Gasteiger partial charge in [-0.3, -0.25) is 4.98 Å². The van der Waals surface area contributed by atoms with Gasteiger partial charge in [-0.15, -0.1) is 0 Å². The van der Waals surface area contributed by atoms with E-state index in [1.807, 2.05) is 24.3 Å². The van der Waals surface area contributed by atoms with Gasteiger partial charge in [-0.25, -0.2) is 0 Å². The predicted molar refractivity (Wildman–Crippen MR) is 86.3 cm³/mol. The molecule has 21 heavy (non-hydrogen) atoms. The van der Waals surface area contributed by atoms with E-state index >= 15 is 0 Å². The predicted octanol–water partition coefficient (Wildman–Crippen LogP) is 3.01. The van der Waals surface area contributed by atoms with E-state index in [2.05, 4.69) is 31.1 Å². The zero-order chi connectivity index (χ0) is 14.9. The first-order valence-electron chi connectivity index (χ1n) is 7.82. The minimum absolute atomic E-state index is 0.0761. The molecule has 1 aromatic carbocycles. The maximum absolute atomic E-state index is 10.8. The highest BCUT2D eigenvalue weighted by atomic mass is 16.3. The topological polar surface area (TPSA) is 36.4 Å². The fourth-order valence-corrected chi connectivity index (χ4v) is 3.68. The van der Waals surface area contributed by atoms with Gasteiger partial charge in [-0.1, -0.05) is 37.1 Å². The maximum atomic E-state index is 10.8. The van der Waals surface area contributed by atoms with E-state index in [1.165, 1.54) is 12.8 Å². The number of aromatic nitrogens is 1. The van der Waals surface area contributed by atoms with Crippen LogP contribution >= 0.6 is 0 Å². The van der Waals surface area contributed by atoms with Crippen LogP contribution in [0.3, 0.4) is 0 Å². The summed E-state index contributed by atoms with van der Waals surface area (Å²) in [6, 6.07) is 12.3. The molecule has 1 atom stereocenters. The van der Waals surface area contributed by atoms with Crippen molar-refractivity contribution in [3.8, 4) is 0 Å². The molecular formula is C18H24N2O. The second-order valence-corrected chi connectivity index (χ2v) is 6.42. The van der Waals surface area contributed by atoms with E-state index < -0.39 is 0 Å². The fraction of sp³-hybridized carbons (Fsp3) is 0.500. The van der Waals surface area contributed by atoms with E-state index in [4.69, 9.17) is 4.98 Å². The Kier molecular flexibility index (Phi) is 3.96. The third-order valence-corrected chi connectivity index (χ3v) is 5.04. The van der Waals surface area contributed by atoms with Crippen LogP contribution in [-0.2, 0) is 6.42 Å².